The number of nitrogens with zero attached hydrogens (tertiary/aromatic N) is 2. The van der Waals surface area contributed by atoms with Gasteiger partial charge < -0.3 is 5.11 Å². The van der Waals surface area contributed by atoms with Gasteiger partial charge in [-0.25, -0.2) is 0 Å². The third-order valence-corrected chi connectivity index (χ3v) is 11.7. The molecular formula is C45H57IrN2O2S-. The van der Waals surface area contributed by atoms with Gasteiger partial charge in [-0.1, -0.05) is 111 Å². The molecule has 0 saturated heterocycles. The van der Waals surface area contributed by atoms with E-state index in [-0.39, 0.29) is 47.9 Å². The summed E-state index contributed by atoms with van der Waals surface area (Å²) in [5, 5.41) is 16.1. The summed E-state index contributed by atoms with van der Waals surface area (Å²) in [5.74, 6) is 0.889. The molecule has 51 heavy (non-hydrogen) atoms. The van der Waals surface area contributed by atoms with Crippen molar-refractivity contribution in [3.05, 3.63) is 95.3 Å². The number of thiophene rings is 1. The number of aliphatic hydroxyl groups excluding tert-OH is 1. The zero-order valence-corrected chi connectivity index (χ0v) is 35.7. The average Bonchev–Trinajstić information content (AvgIpc) is 3.52. The minimum absolute atomic E-state index is 0. The number of allylic oxidation sites excluding steroid dienone is 2. The van der Waals surface area contributed by atoms with Gasteiger partial charge in [0.2, 0.25) is 0 Å². The Kier molecular flexibility index (Phi) is 14.5. The summed E-state index contributed by atoms with van der Waals surface area (Å²) < 4.78 is 1.29. The van der Waals surface area contributed by atoms with Crippen LogP contribution in [0.15, 0.2) is 78.1 Å². The predicted octanol–water partition coefficient (Wildman–Crippen LogP) is 13.1. The van der Waals surface area contributed by atoms with E-state index in [1.54, 1.807) is 0 Å². The number of carbonyl (C=O) groups is 1. The number of pyridine rings is 2. The van der Waals surface area contributed by atoms with Crippen molar-refractivity contribution in [1.29, 1.82) is 0 Å². The van der Waals surface area contributed by atoms with E-state index in [0.29, 0.717) is 5.92 Å². The summed E-state index contributed by atoms with van der Waals surface area (Å²) in [6.07, 6.45) is 9.64. The molecule has 6 heteroatoms. The minimum Gasteiger partial charge on any atom is -0.512 e. The first kappa shape index (κ1) is 42.2. The smallest absolute Gasteiger partial charge is 0.164 e. The molecule has 1 N–H and O–H groups in total. The first-order chi connectivity index (χ1) is 23.6. The molecule has 5 aromatic rings. The van der Waals surface area contributed by atoms with Crippen molar-refractivity contribution in [3.8, 4) is 22.5 Å². The summed E-state index contributed by atoms with van der Waals surface area (Å²) in [5.41, 5.74) is 6.24. The maximum Gasteiger partial charge on any atom is 0.164 e. The summed E-state index contributed by atoms with van der Waals surface area (Å²) >= 11 is 1.81. The van der Waals surface area contributed by atoms with Gasteiger partial charge in [0.1, 0.15) is 5.76 Å². The van der Waals surface area contributed by atoms with Crippen LogP contribution in [0.4, 0.5) is 0 Å². The Hall–Kier alpha value is -3.18. The summed E-state index contributed by atoms with van der Waals surface area (Å²) in [7, 11) is 0. The maximum atomic E-state index is 12.2. The quantitative estimate of drug-likeness (QED) is 0.0815. The fraction of sp³-hybridized carbons (Fsp3) is 0.444. The van der Waals surface area contributed by atoms with Crippen LogP contribution in [0.2, 0.25) is 0 Å². The van der Waals surface area contributed by atoms with Crippen molar-refractivity contribution in [2.75, 3.05) is 0 Å². The van der Waals surface area contributed by atoms with Crippen LogP contribution in [0, 0.1) is 22.8 Å². The van der Waals surface area contributed by atoms with Crippen LogP contribution < -0.4 is 0 Å². The number of rotatable bonds is 11. The topological polar surface area (TPSA) is 63.1 Å². The van der Waals surface area contributed by atoms with Crippen molar-refractivity contribution in [3.63, 3.8) is 0 Å². The number of hydrogen-bond donors (Lipinski definition) is 1. The Morgan fingerprint density at radius 1 is 0.882 bits per heavy atom. The Bertz CT molecular complexity index is 1960. The molecule has 3 aromatic heterocycles. The number of aliphatic hydroxyl groups is 1. The molecule has 0 unspecified atom stereocenters. The molecule has 0 amide bonds. The molecule has 0 aliphatic rings. The predicted molar refractivity (Wildman–Crippen MR) is 215 cm³/mol. The van der Waals surface area contributed by atoms with E-state index in [0.717, 1.165) is 60.0 Å². The van der Waals surface area contributed by atoms with Gasteiger partial charge in [-0.05, 0) is 72.1 Å². The molecule has 0 atom stereocenters. The Balaban J connectivity index is 0.000000335. The third kappa shape index (κ3) is 9.63. The van der Waals surface area contributed by atoms with Crippen molar-refractivity contribution in [1.82, 2.24) is 9.97 Å². The van der Waals surface area contributed by atoms with E-state index in [9.17, 15) is 9.90 Å². The van der Waals surface area contributed by atoms with Crippen LogP contribution in [-0.4, -0.2) is 20.9 Å². The molecule has 0 bridgehead atoms. The van der Waals surface area contributed by atoms with Crippen LogP contribution in [0.1, 0.15) is 113 Å². The normalized spacial score (nSPS) is 12.5. The van der Waals surface area contributed by atoms with E-state index >= 15 is 0 Å². The number of aromatic nitrogens is 2. The molecule has 0 saturated carbocycles. The molecular weight excluding hydrogens is 825 g/mol. The SMILES string of the molecule is CC(C)Cc1csc2ccnc(-c3ccnc(-c4[c-]c5ccccc5c(C(C)(C)C)c4)c3)c12.CCC(C)(CC)C(=O)/C=C(\O)C(C)(CC)CC.[Ir]. The second-order valence-electron chi connectivity index (χ2n) is 15.6. The van der Waals surface area contributed by atoms with E-state index in [1.165, 1.54) is 32.7 Å². The van der Waals surface area contributed by atoms with Gasteiger partial charge in [0.25, 0.3) is 0 Å². The van der Waals surface area contributed by atoms with Crippen LogP contribution in [-0.2, 0) is 36.7 Å². The molecule has 1 radical (unpaired) electrons. The summed E-state index contributed by atoms with van der Waals surface area (Å²) in [6, 6.07) is 20.8. The zero-order valence-electron chi connectivity index (χ0n) is 32.5. The van der Waals surface area contributed by atoms with Crippen molar-refractivity contribution >= 4 is 38.0 Å². The van der Waals surface area contributed by atoms with E-state index in [1.807, 2.05) is 65.3 Å². The first-order valence-corrected chi connectivity index (χ1v) is 19.2. The molecule has 0 aliphatic heterocycles. The van der Waals surface area contributed by atoms with Gasteiger partial charge >= 0.3 is 0 Å². The Morgan fingerprint density at radius 2 is 1.51 bits per heavy atom. The average molecular weight is 882 g/mol. The van der Waals surface area contributed by atoms with Crippen LogP contribution in [0.3, 0.4) is 0 Å². The van der Waals surface area contributed by atoms with Crippen LogP contribution in [0.5, 0.6) is 0 Å². The number of ketones is 1. The second-order valence-corrected chi connectivity index (χ2v) is 16.6. The molecule has 275 valence electrons. The van der Waals surface area contributed by atoms with Gasteiger partial charge in [0.15, 0.2) is 5.78 Å². The van der Waals surface area contributed by atoms with Crippen molar-refractivity contribution < 1.29 is 30.0 Å². The van der Waals surface area contributed by atoms with E-state index in [2.05, 4.69) is 94.6 Å². The fourth-order valence-electron chi connectivity index (χ4n) is 6.25. The van der Waals surface area contributed by atoms with Crippen LogP contribution in [0.25, 0.3) is 43.4 Å². The molecule has 0 aliphatic carbocycles. The largest absolute Gasteiger partial charge is 0.512 e. The molecule has 0 fully saturated rings. The third-order valence-electron chi connectivity index (χ3n) is 10.7. The number of hydrogen-bond acceptors (Lipinski definition) is 5. The van der Waals surface area contributed by atoms with E-state index in [4.69, 9.17) is 9.97 Å². The van der Waals surface area contributed by atoms with Gasteiger partial charge in [-0.2, -0.15) is 0 Å². The van der Waals surface area contributed by atoms with Gasteiger partial charge in [0, 0.05) is 65.2 Å². The standard InChI is InChI=1S/C30H29N2S.C15H28O2.Ir/c1-19(2)14-23-18-33-27-11-13-32-29(28(23)27)21-10-12-31-26(17-21)22-15-20-8-6-7-9-24(20)25(16-22)30(3,4)5;1-7-14(5,8-2)12(16)11-13(17)15(6,9-3)10-4;/h6-13,16-19H,14H2,1-5H3;11,16H,7-10H2,1-6H3;/q-1;;/b;12-11-;. The van der Waals surface area contributed by atoms with Crippen LogP contribution >= 0.6 is 11.3 Å². The van der Waals surface area contributed by atoms with Gasteiger partial charge in [0.05, 0.1) is 5.69 Å². The second kappa shape index (κ2) is 17.6. The molecule has 4 nitrogen and oxygen atoms in total. The van der Waals surface area contributed by atoms with Gasteiger partial charge in [-0.15, -0.1) is 40.5 Å². The van der Waals surface area contributed by atoms with Gasteiger partial charge in [-0.3, -0.25) is 14.8 Å². The molecule has 3 heterocycles. The Morgan fingerprint density at radius 3 is 2.12 bits per heavy atom. The number of fused-ring (bicyclic) bond motifs is 2. The zero-order chi connectivity index (χ0) is 36.9. The molecule has 2 aromatic carbocycles. The fourth-order valence-corrected chi connectivity index (χ4v) is 7.22. The van der Waals surface area contributed by atoms with Crippen molar-refractivity contribution in [2.45, 2.75) is 114 Å². The summed E-state index contributed by atoms with van der Waals surface area (Å²) in [4.78, 5) is 21.8. The number of carbonyl (C=O) groups excluding carboxylic acids is 1. The number of benzene rings is 2. The first-order valence-electron chi connectivity index (χ1n) is 18.3. The minimum atomic E-state index is -0.337. The molecule has 5 rings (SSSR count). The maximum absolute atomic E-state index is 12.2. The molecule has 0 spiro atoms. The van der Waals surface area contributed by atoms with E-state index < -0.39 is 0 Å². The Labute approximate surface area is 324 Å². The van der Waals surface area contributed by atoms with Crippen molar-refractivity contribution in [2.24, 2.45) is 16.7 Å². The summed E-state index contributed by atoms with van der Waals surface area (Å²) in [6.45, 7) is 23.4. The monoisotopic (exact) mass is 882 g/mol.